The molecule has 0 aromatic carbocycles. The highest BCUT2D eigenvalue weighted by atomic mass is 19.1. The van der Waals surface area contributed by atoms with Crippen molar-refractivity contribution < 1.29 is 13.9 Å². The van der Waals surface area contributed by atoms with E-state index in [1.807, 2.05) is 32.1 Å². The normalized spacial score (nSPS) is 19.1. The first-order valence-electron chi connectivity index (χ1n) is 12.6. The molecule has 0 aromatic rings. The highest BCUT2D eigenvalue weighted by Gasteiger charge is 2.29. The van der Waals surface area contributed by atoms with Gasteiger partial charge in [-0.25, -0.2) is 4.39 Å². The molecule has 0 bridgehead atoms. The first-order valence-corrected chi connectivity index (χ1v) is 12.6. The van der Waals surface area contributed by atoms with Gasteiger partial charge >= 0.3 is 0 Å². The summed E-state index contributed by atoms with van der Waals surface area (Å²) in [6.45, 7) is 13.3. The summed E-state index contributed by atoms with van der Waals surface area (Å²) in [7, 11) is 0. The molecule has 1 N–H and O–H groups in total. The third kappa shape index (κ3) is 20.7. The summed E-state index contributed by atoms with van der Waals surface area (Å²) in [5.41, 5.74) is 1.13. The van der Waals surface area contributed by atoms with Crippen LogP contribution in [-0.4, -0.2) is 55.9 Å². The van der Waals surface area contributed by atoms with Gasteiger partial charge in [-0.1, -0.05) is 43.1 Å². The number of rotatable bonds is 12. The van der Waals surface area contributed by atoms with Crippen LogP contribution in [0.25, 0.3) is 0 Å². The molecule has 1 amide bonds. The van der Waals surface area contributed by atoms with Gasteiger partial charge < -0.3 is 15.0 Å². The molecule has 0 aromatic heterocycles. The van der Waals surface area contributed by atoms with Crippen molar-refractivity contribution in [3.63, 3.8) is 0 Å². The topological polar surface area (TPSA) is 41.6 Å². The Balaban J connectivity index is 0.00000149. The van der Waals surface area contributed by atoms with Gasteiger partial charge in [-0.15, -0.1) is 12.3 Å². The predicted octanol–water partition coefficient (Wildman–Crippen LogP) is 6.08. The van der Waals surface area contributed by atoms with Crippen molar-refractivity contribution in [2.24, 2.45) is 5.92 Å². The monoisotopic (exact) mass is 464 g/mol. The molecule has 5 heteroatoms. The molecular weight excluding hydrogens is 415 g/mol. The van der Waals surface area contributed by atoms with E-state index in [2.05, 4.69) is 36.4 Å². The molecule has 1 aliphatic heterocycles. The van der Waals surface area contributed by atoms with E-state index in [1.54, 1.807) is 6.92 Å². The molecular formula is C28H49FN2O2. The lowest BCUT2D eigenvalue weighted by atomic mass is 9.88. The number of carbonyl (C=O) groups excluding carboxylic acids is 1. The highest BCUT2D eigenvalue weighted by molar-refractivity contribution is 5.75. The van der Waals surface area contributed by atoms with E-state index < -0.39 is 0 Å². The van der Waals surface area contributed by atoms with Crippen LogP contribution < -0.4 is 5.32 Å². The zero-order valence-corrected chi connectivity index (χ0v) is 21.9. The van der Waals surface area contributed by atoms with Crippen molar-refractivity contribution >= 4 is 5.91 Å². The molecule has 1 heterocycles. The lowest BCUT2D eigenvalue weighted by Gasteiger charge is -2.37. The Morgan fingerprint density at radius 2 is 1.97 bits per heavy atom. The number of carbonyl (C=O) groups is 1. The molecule has 33 heavy (non-hydrogen) atoms. The summed E-state index contributed by atoms with van der Waals surface area (Å²) in [5.74, 6) is 2.89. The Kier molecular flexibility index (Phi) is 18.8. The third-order valence-electron chi connectivity index (χ3n) is 5.42. The fourth-order valence-electron chi connectivity index (χ4n) is 3.49. The van der Waals surface area contributed by atoms with Crippen LogP contribution in [0, 0.1) is 18.3 Å². The number of hydrogen-bond acceptors (Lipinski definition) is 3. The summed E-state index contributed by atoms with van der Waals surface area (Å²) in [6.07, 6.45) is 19.4. The van der Waals surface area contributed by atoms with E-state index in [-0.39, 0.29) is 18.2 Å². The van der Waals surface area contributed by atoms with E-state index in [9.17, 15) is 9.18 Å². The summed E-state index contributed by atoms with van der Waals surface area (Å²) >= 11 is 0. The summed E-state index contributed by atoms with van der Waals surface area (Å²) in [6, 6.07) is 0. The highest BCUT2D eigenvalue weighted by Crippen LogP contribution is 2.29. The van der Waals surface area contributed by atoms with Crippen molar-refractivity contribution in [2.45, 2.75) is 91.6 Å². The molecule has 1 saturated heterocycles. The van der Waals surface area contributed by atoms with Gasteiger partial charge in [-0.2, -0.15) is 0 Å². The second kappa shape index (κ2) is 19.8. The van der Waals surface area contributed by atoms with Gasteiger partial charge in [0.1, 0.15) is 6.67 Å². The number of halogens is 1. The first-order chi connectivity index (χ1) is 15.8. The predicted molar refractivity (Wildman–Crippen MR) is 139 cm³/mol. The van der Waals surface area contributed by atoms with Crippen LogP contribution in [0.4, 0.5) is 4.39 Å². The minimum absolute atomic E-state index is 0.0712. The number of amides is 1. The Bertz CT molecular complexity index is 603. The maximum Gasteiger partial charge on any atom is 0.220 e. The number of ether oxygens (including phenoxy) is 1. The average Bonchev–Trinajstić information content (AvgIpc) is 3.63. The minimum Gasteiger partial charge on any atom is -0.376 e. The first kappa shape index (κ1) is 31.4. The van der Waals surface area contributed by atoms with E-state index in [0.717, 1.165) is 45.4 Å². The number of hydrogen-bond donors (Lipinski definition) is 1. The standard InChI is InChI=1S/C22H39FN2O2.C3H6.C3H4/c1-5-19(2)9-6-7-10-21(26)24-13-8-14-25(15-12-23)18-20-11-16-27-22(3,4)17-20;1-2-3-1;1-3-2/h5-6,9,20H,7-8,10-18H2,1-4H3,(H,24,26);1-3H2;1H,2H3/b9-6-,19-5-;;. The SMILES string of the molecule is C#CC.C/C=C(C)\C=C/CCC(=O)NCCCN(CCF)CC1CCOC(C)(C)C1.C1CC1. The maximum absolute atomic E-state index is 12.9. The summed E-state index contributed by atoms with van der Waals surface area (Å²) in [4.78, 5) is 14.1. The quantitative estimate of drug-likeness (QED) is 0.216. The Labute approximate surface area is 203 Å². The second-order valence-corrected chi connectivity index (χ2v) is 9.48. The van der Waals surface area contributed by atoms with Gasteiger partial charge in [0, 0.05) is 32.7 Å². The van der Waals surface area contributed by atoms with E-state index in [0.29, 0.717) is 25.4 Å². The van der Waals surface area contributed by atoms with E-state index >= 15 is 0 Å². The van der Waals surface area contributed by atoms with Crippen LogP contribution in [0.3, 0.4) is 0 Å². The van der Waals surface area contributed by atoms with Crippen molar-refractivity contribution in [1.82, 2.24) is 10.2 Å². The minimum atomic E-state index is -0.322. The largest absolute Gasteiger partial charge is 0.376 e. The van der Waals surface area contributed by atoms with Crippen molar-refractivity contribution in [3.05, 3.63) is 23.8 Å². The molecule has 2 aliphatic rings. The lowest BCUT2D eigenvalue weighted by molar-refractivity contribution is -0.121. The van der Waals surface area contributed by atoms with Gasteiger partial charge in [0.15, 0.2) is 0 Å². The lowest BCUT2D eigenvalue weighted by Crippen LogP contribution is -2.41. The summed E-state index contributed by atoms with van der Waals surface area (Å²) < 4.78 is 18.7. The van der Waals surface area contributed by atoms with E-state index in [4.69, 9.17) is 4.74 Å². The smallest absolute Gasteiger partial charge is 0.220 e. The van der Waals surface area contributed by atoms with Gasteiger partial charge in [-0.3, -0.25) is 4.79 Å². The molecule has 1 atom stereocenters. The number of nitrogens with zero attached hydrogens (tertiary/aromatic N) is 1. The molecule has 190 valence electrons. The van der Waals surface area contributed by atoms with Crippen LogP contribution in [0.1, 0.15) is 86.0 Å². The number of alkyl halides is 1. The van der Waals surface area contributed by atoms with Crippen molar-refractivity contribution in [2.75, 3.05) is 39.5 Å². The number of nitrogens with one attached hydrogen (secondary N) is 1. The average molecular weight is 465 g/mol. The second-order valence-electron chi connectivity index (χ2n) is 9.48. The van der Waals surface area contributed by atoms with Crippen LogP contribution in [0.2, 0.25) is 0 Å². The van der Waals surface area contributed by atoms with Crippen LogP contribution in [0.5, 0.6) is 0 Å². The van der Waals surface area contributed by atoms with Gasteiger partial charge in [0.2, 0.25) is 5.91 Å². The number of allylic oxidation sites excluding steroid dienone is 4. The van der Waals surface area contributed by atoms with Crippen molar-refractivity contribution in [3.8, 4) is 12.3 Å². The summed E-state index contributed by atoms with van der Waals surface area (Å²) in [5, 5.41) is 2.97. The maximum atomic E-state index is 12.9. The molecule has 2 fully saturated rings. The molecule has 0 radical (unpaired) electrons. The zero-order chi connectivity index (χ0) is 25.0. The van der Waals surface area contributed by atoms with Crippen LogP contribution in [0.15, 0.2) is 23.8 Å². The third-order valence-corrected chi connectivity index (χ3v) is 5.42. The molecule has 1 unspecified atom stereocenters. The molecule has 4 nitrogen and oxygen atoms in total. The molecule has 1 aliphatic carbocycles. The fraction of sp³-hybridized carbons (Fsp3) is 0.750. The van der Waals surface area contributed by atoms with Gasteiger partial charge in [0.05, 0.1) is 5.60 Å². The van der Waals surface area contributed by atoms with Crippen LogP contribution in [-0.2, 0) is 9.53 Å². The van der Waals surface area contributed by atoms with Crippen molar-refractivity contribution in [1.29, 1.82) is 0 Å². The zero-order valence-electron chi connectivity index (χ0n) is 21.9. The Hall–Kier alpha value is -1.64. The Morgan fingerprint density at radius 1 is 1.30 bits per heavy atom. The number of terminal acetylenes is 1. The molecule has 2 rings (SSSR count). The van der Waals surface area contributed by atoms with Gasteiger partial charge in [-0.05, 0) is 72.8 Å². The molecule has 1 saturated carbocycles. The van der Waals surface area contributed by atoms with Crippen LogP contribution >= 0.6 is 0 Å². The Morgan fingerprint density at radius 3 is 2.52 bits per heavy atom. The molecule has 0 spiro atoms. The van der Waals surface area contributed by atoms with E-state index in [1.165, 1.54) is 24.8 Å². The fourth-order valence-corrected chi connectivity index (χ4v) is 3.49. The van der Waals surface area contributed by atoms with Gasteiger partial charge in [0.25, 0.3) is 0 Å².